The summed E-state index contributed by atoms with van der Waals surface area (Å²) in [7, 11) is 1.56. The van der Waals surface area contributed by atoms with E-state index in [4.69, 9.17) is 4.74 Å². The number of anilines is 1. The van der Waals surface area contributed by atoms with Crippen molar-refractivity contribution in [3.8, 4) is 5.75 Å². The molecule has 2 N–H and O–H groups in total. The molecular formula is C22H24FN5O3S. The number of aromatic nitrogens is 3. The number of hydrogen-bond donors (Lipinski definition) is 2. The highest BCUT2D eigenvalue weighted by Crippen LogP contribution is 2.21. The normalized spacial score (nSPS) is 11.6. The molecule has 0 aliphatic heterocycles. The SMILES string of the molecule is CCn1c(SCC(=O)Nc2cccc(F)c2)nnc1C(C)NC(=O)c1ccc(OC)cc1. The van der Waals surface area contributed by atoms with E-state index < -0.39 is 11.9 Å². The molecule has 10 heteroatoms. The van der Waals surface area contributed by atoms with E-state index in [1.165, 1.54) is 30.0 Å². The van der Waals surface area contributed by atoms with Gasteiger partial charge in [0.2, 0.25) is 5.91 Å². The molecule has 1 atom stereocenters. The maximum atomic E-state index is 13.3. The average molecular weight is 458 g/mol. The fraction of sp³-hybridized carbons (Fsp3) is 0.273. The number of benzene rings is 2. The number of carbonyl (C=O) groups is 2. The molecule has 0 spiro atoms. The number of halogens is 1. The Morgan fingerprint density at radius 1 is 1.19 bits per heavy atom. The van der Waals surface area contributed by atoms with Crippen molar-refractivity contribution in [1.82, 2.24) is 20.1 Å². The molecule has 2 amide bonds. The molecule has 1 heterocycles. The first-order valence-corrected chi connectivity index (χ1v) is 11.0. The molecule has 32 heavy (non-hydrogen) atoms. The van der Waals surface area contributed by atoms with Gasteiger partial charge in [-0.05, 0) is 56.3 Å². The van der Waals surface area contributed by atoms with Gasteiger partial charge in [-0.25, -0.2) is 4.39 Å². The molecule has 8 nitrogen and oxygen atoms in total. The van der Waals surface area contributed by atoms with Gasteiger partial charge in [0.05, 0.1) is 18.9 Å². The van der Waals surface area contributed by atoms with Crippen LogP contribution in [0.4, 0.5) is 10.1 Å². The summed E-state index contributed by atoms with van der Waals surface area (Å²) >= 11 is 1.22. The number of rotatable bonds is 9. The third-order valence-electron chi connectivity index (χ3n) is 4.59. The van der Waals surface area contributed by atoms with E-state index in [1.54, 1.807) is 37.4 Å². The average Bonchev–Trinajstić information content (AvgIpc) is 3.21. The molecule has 0 aliphatic rings. The van der Waals surface area contributed by atoms with Crippen LogP contribution in [0.15, 0.2) is 53.7 Å². The summed E-state index contributed by atoms with van der Waals surface area (Å²) in [6, 6.07) is 12.1. The smallest absolute Gasteiger partial charge is 0.251 e. The van der Waals surface area contributed by atoms with E-state index in [9.17, 15) is 14.0 Å². The first-order valence-electron chi connectivity index (χ1n) is 9.97. The summed E-state index contributed by atoms with van der Waals surface area (Å²) in [5.41, 5.74) is 0.895. The first kappa shape index (κ1) is 23.3. The van der Waals surface area contributed by atoms with Crippen molar-refractivity contribution >= 4 is 29.3 Å². The van der Waals surface area contributed by atoms with Gasteiger partial charge in [0, 0.05) is 17.8 Å². The van der Waals surface area contributed by atoms with Crippen molar-refractivity contribution in [2.24, 2.45) is 0 Å². The Morgan fingerprint density at radius 2 is 1.94 bits per heavy atom. The highest BCUT2D eigenvalue weighted by atomic mass is 32.2. The van der Waals surface area contributed by atoms with Crippen LogP contribution >= 0.6 is 11.8 Å². The number of methoxy groups -OCH3 is 1. The molecule has 3 aromatic rings. The van der Waals surface area contributed by atoms with Crippen LogP contribution < -0.4 is 15.4 Å². The Balaban J connectivity index is 1.61. The lowest BCUT2D eigenvalue weighted by molar-refractivity contribution is -0.113. The van der Waals surface area contributed by atoms with Gasteiger partial charge in [-0.2, -0.15) is 0 Å². The lowest BCUT2D eigenvalue weighted by Gasteiger charge is -2.15. The van der Waals surface area contributed by atoms with E-state index >= 15 is 0 Å². The zero-order valence-electron chi connectivity index (χ0n) is 18.0. The zero-order valence-corrected chi connectivity index (χ0v) is 18.8. The van der Waals surface area contributed by atoms with Crippen LogP contribution in [0.3, 0.4) is 0 Å². The predicted molar refractivity (Wildman–Crippen MR) is 120 cm³/mol. The fourth-order valence-corrected chi connectivity index (χ4v) is 3.81. The number of hydrogen-bond acceptors (Lipinski definition) is 6. The molecule has 1 unspecified atom stereocenters. The van der Waals surface area contributed by atoms with Crippen molar-refractivity contribution in [3.05, 3.63) is 65.7 Å². The number of nitrogens with one attached hydrogen (secondary N) is 2. The first-order chi connectivity index (χ1) is 15.4. The fourth-order valence-electron chi connectivity index (χ4n) is 3.00. The molecule has 168 valence electrons. The van der Waals surface area contributed by atoms with Gasteiger partial charge < -0.3 is 19.9 Å². The largest absolute Gasteiger partial charge is 0.497 e. The van der Waals surface area contributed by atoms with Gasteiger partial charge in [0.25, 0.3) is 5.91 Å². The Morgan fingerprint density at radius 3 is 2.59 bits per heavy atom. The van der Waals surface area contributed by atoms with Crippen LogP contribution in [0, 0.1) is 5.82 Å². The lowest BCUT2D eigenvalue weighted by atomic mass is 10.2. The van der Waals surface area contributed by atoms with Crippen LogP contribution in [0.5, 0.6) is 5.75 Å². The zero-order chi connectivity index (χ0) is 23.1. The molecule has 0 fully saturated rings. The van der Waals surface area contributed by atoms with Crippen LogP contribution in [0.2, 0.25) is 0 Å². The van der Waals surface area contributed by atoms with Crippen LogP contribution in [-0.4, -0.2) is 39.4 Å². The third-order valence-corrected chi connectivity index (χ3v) is 5.56. The Hall–Kier alpha value is -3.40. The lowest BCUT2D eigenvalue weighted by Crippen LogP contribution is -2.28. The molecule has 1 aromatic heterocycles. The second-order valence-electron chi connectivity index (χ2n) is 6.86. The summed E-state index contributed by atoms with van der Waals surface area (Å²) in [6.45, 7) is 4.32. The third kappa shape index (κ3) is 5.85. The van der Waals surface area contributed by atoms with Crippen molar-refractivity contribution < 1.29 is 18.7 Å². The molecule has 3 rings (SSSR count). The number of ether oxygens (including phenoxy) is 1. The van der Waals surface area contributed by atoms with Crippen LogP contribution in [-0.2, 0) is 11.3 Å². The number of thioether (sulfide) groups is 1. The van der Waals surface area contributed by atoms with Crippen molar-refractivity contribution in [3.63, 3.8) is 0 Å². The molecule has 0 aliphatic carbocycles. The minimum absolute atomic E-state index is 0.0846. The predicted octanol–water partition coefficient (Wildman–Crippen LogP) is 3.67. The topological polar surface area (TPSA) is 98.1 Å². The Kier molecular flexibility index (Phi) is 7.82. The number of carbonyl (C=O) groups excluding carboxylic acids is 2. The van der Waals surface area contributed by atoms with Gasteiger partial charge in [-0.15, -0.1) is 10.2 Å². The minimum atomic E-state index is -0.420. The van der Waals surface area contributed by atoms with E-state index in [0.29, 0.717) is 34.5 Å². The Bertz CT molecular complexity index is 1090. The van der Waals surface area contributed by atoms with Crippen LogP contribution in [0.25, 0.3) is 0 Å². The molecular weight excluding hydrogens is 433 g/mol. The summed E-state index contributed by atoms with van der Waals surface area (Å²) in [5, 5.41) is 14.5. The molecule has 0 saturated heterocycles. The van der Waals surface area contributed by atoms with Crippen LogP contribution in [0.1, 0.15) is 36.1 Å². The maximum Gasteiger partial charge on any atom is 0.251 e. The minimum Gasteiger partial charge on any atom is -0.497 e. The van der Waals surface area contributed by atoms with Crippen molar-refractivity contribution in [1.29, 1.82) is 0 Å². The van der Waals surface area contributed by atoms with Gasteiger partial charge in [0.1, 0.15) is 11.6 Å². The van der Waals surface area contributed by atoms with Crippen molar-refractivity contribution in [2.45, 2.75) is 31.6 Å². The van der Waals surface area contributed by atoms with E-state index in [2.05, 4.69) is 20.8 Å². The number of amides is 2. The van der Waals surface area contributed by atoms with E-state index in [-0.39, 0.29) is 17.6 Å². The Labute approximate surface area is 189 Å². The van der Waals surface area contributed by atoms with E-state index in [0.717, 1.165) is 0 Å². The van der Waals surface area contributed by atoms with Crippen molar-refractivity contribution in [2.75, 3.05) is 18.2 Å². The monoisotopic (exact) mass is 457 g/mol. The summed E-state index contributed by atoms with van der Waals surface area (Å²) < 4.78 is 20.2. The maximum absolute atomic E-state index is 13.3. The van der Waals surface area contributed by atoms with Gasteiger partial charge in [-0.1, -0.05) is 17.8 Å². The van der Waals surface area contributed by atoms with Gasteiger partial charge in [-0.3, -0.25) is 9.59 Å². The standard InChI is InChI=1S/C22H24FN5O3S/c1-4-28-20(14(2)24-21(30)15-8-10-18(31-3)11-9-15)26-27-22(28)32-13-19(29)25-17-7-5-6-16(23)12-17/h5-12,14H,4,13H2,1-3H3,(H,24,30)(H,25,29). The molecule has 0 saturated carbocycles. The molecule has 0 radical (unpaired) electrons. The van der Waals surface area contributed by atoms with Gasteiger partial charge in [0.15, 0.2) is 11.0 Å². The highest BCUT2D eigenvalue weighted by molar-refractivity contribution is 7.99. The highest BCUT2D eigenvalue weighted by Gasteiger charge is 2.20. The summed E-state index contributed by atoms with van der Waals surface area (Å²) in [4.78, 5) is 24.8. The quantitative estimate of drug-likeness (QED) is 0.476. The second-order valence-corrected chi connectivity index (χ2v) is 7.80. The van der Waals surface area contributed by atoms with Gasteiger partial charge >= 0.3 is 0 Å². The summed E-state index contributed by atoms with van der Waals surface area (Å²) in [6.07, 6.45) is 0. The summed E-state index contributed by atoms with van der Waals surface area (Å²) in [5.74, 6) is 0.395. The number of nitrogens with zero attached hydrogens (tertiary/aromatic N) is 3. The second kappa shape index (κ2) is 10.8. The molecule has 2 aromatic carbocycles. The molecule has 0 bridgehead atoms. The van der Waals surface area contributed by atoms with E-state index in [1.807, 2.05) is 18.4 Å².